The summed E-state index contributed by atoms with van der Waals surface area (Å²) in [5, 5.41) is 1.39. The van der Waals surface area contributed by atoms with E-state index in [0.29, 0.717) is 24.8 Å². The number of carbonyl (C=O) groups excluding carboxylic acids is 1. The highest BCUT2D eigenvalue weighted by molar-refractivity contribution is 7.99. The van der Waals surface area contributed by atoms with Gasteiger partial charge in [0.1, 0.15) is 4.83 Å². The van der Waals surface area contributed by atoms with Gasteiger partial charge in [0.15, 0.2) is 5.16 Å². The van der Waals surface area contributed by atoms with Gasteiger partial charge in [0.25, 0.3) is 5.56 Å². The van der Waals surface area contributed by atoms with E-state index in [9.17, 15) is 9.59 Å². The van der Waals surface area contributed by atoms with Crippen molar-refractivity contribution >= 4 is 44.9 Å². The molecule has 33 heavy (non-hydrogen) atoms. The molecular weight excluding hydrogens is 452 g/mol. The summed E-state index contributed by atoms with van der Waals surface area (Å²) in [6, 6.07) is 10.3. The van der Waals surface area contributed by atoms with E-state index < -0.39 is 0 Å². The zero-order valence-corrected chi connectivity index (χ0v) is 20.3. The number of fused-ring (bicyclic) bond motifs is 3. The van der Waals surface area contributed by atoms with Crippen LogP contribution in [0.5, 0.6) is 0 Å². The second-order valence-electron chi connectivity index (χ2n) is 8.48. The summed E-state index contributed by atoms with van der Waals surface area (Å²) < 4.78 is 1.68. The Balaban J connectivity index is 1.30. The van der Waals surface area contributed by atoms with E-state index >= 15 is 0 Å². The lowest BCUT2D eigenvalue weighted by molar-refractivity contribution is -0.128. The minimum Gasteiger partial charge on any atom is -0.368 e. The number of rotatable bonds is 6. The Morgan fingerprint density at radius 2 is 1.88 bits per heavy atom. The average Bonchev–Trinajstić information content (AvgIpc) is 3.24. The van der Waals surface area contributed by atoms with Gasteiger partial charge in [-0.3, -0.25) is 14.2 Å². The molecule has 1 aliphatic carbocycles. The fourth-order valence-electron chi connectivity index (χ4n) is 4.69. The standard InChI is InChI=1S/C25H28N4O2S2/c1-2-12-29-24(31)22-19-10-6-7-11-20(19)33-23(22)26-25(29)32-17-21(30)28-15-13-27(14-16-28)18-8-4-3-5-9-18/h2-5,8-9H,1,6-7,10-17H2. The van der Waals surface area contributed by atoms with Gasteiger partial charge in [-0.15, -0.1) is 17.9 Å². The summed E-state index contributed by atoms with van der Waals surface area (Å²) >= 11 is 3.02. The molecule has 1 aromatic carbocycles. The third-order valence-corrected chi connectivity index (χ3v) is 8.58. The molecule has 0 radical (unpaired) electrons. The van der Waals surface area contributed by atoms with Crippen molar-refractivity contribution in [2.45, 2.75) is 37.4 Å². The first-order chi connectivity index (χ1) is 16.2. The van der Waals surface area contributed by atoms with Crippen LogP contribution in [-0.4, -0.2) is 52.3 Å². The van der Waals surface area contributed by atoms with Crippen molar-refractivity contribution in [2.24, 2.45) is 0 Å². The Bertz CT molecular complexity index is 1230. The molecule has 3 heterocycles. The minimum atomic E-state index is 0.00530. The van der Waals surface area contributed by atoms with Gasteiger partial charge >= 0.3 is 0 Å². The van der Waals surface area contributed by atoms with Gasteiger partial charge in [0.2, 0.25) is 5.91 Å². The maximum Gasteiger partial charge on any atom is 0.263 e. The van der Waals surface area contributed by atoms with E-state index in [2.05, 4.69) is 23.6 Å². The average molecular weight is 481 g/mol. The van der Waals surface area contributed by atoms with Gasteiger partial charge in [-0.05, 0) is 43.4 Å². The van der Waals surface area contributed by atoms with Crippen LogP contribution in [0.1, 0.15) is 23.3 Å². The van der Waals surface area contributed by atoms with Crippen molar-refractivity contribution in [1.82, 2.24) is 14.5 Å². The number of carbonyl (C=O) groups is 1. The maximum atomic E-state index is 13.4. The molecule has 0 atom stereocenters. The zero-order chi connectivity index (χ0) is 22.8. The van der Waals surface area contributed by atoms with Crippen LogP contribution in [0.15, 0.2) is 52.9 Å². The van der Waals surface area contributed by atoms with Gasteiger partial charge in [-0.25, -0.2) is 4.98 Å². The molecular formula is C25H28N4O2S2. The van der Waals surface area contributed by atoms with E-state index in [1.54, 1.807) is 22.0 Å². The zero-order valence-electron chi connectivity index (χ0n) is 18.7. The molecule has 8 heteroatoms. The van der Waals surface area contributed by atoms with Crippen LogP contribution in [0.3, 0.4) is 0 Å². The van der Waals surface area contributed by atoms with Crippen LogP contribution < -0.4 is 10.5 Å². The predicted octanol–water partition coefficient (Wildman–Crippen LogP) is 3.96. The van der Waals surface area contributed by atoms with Gasteiger partial charge < -0.3 is 9.80 Å². The highest BCUT2D eigenvalue weighted by Gasteiger charge is 2.24. The monoisotopic (exact) mass is 480 g/mol. The molecule has 0 bridgehead atoms. The van der Waals surface area contributed by atoms with E-state index in [-0.39, 0.29) is 17.2 Å². The van der Waals surface area contributed by atoms with Crippen LogP contribution in [0.2, 0.25) is 0 Å². The van der Waals surface area contributed by atoms with Gasteiger partial charge in [-0.1, -0.05) is 36.0 Å². The lowest BCUT2D eigenvalue weighted by Gasteiger charge is -2.36. The number of anilines is 1. The molecule has 1 amide bonds. The fraction of sp³-hybridized carbons (Fsp3) is 0.400. The second-order valence-corrected chi connectivity index (χ2v) is 10.5. The summed E-state index contributed by atoms with van der Waals surface area (Å²) in [5.41, 5.74) is 2.40. The lowest BCUT2D eigenvalue weighted by Crippen LogP contribution is -2.49. The van der Waals surface area contributed by atoms with Crippen LogP contribution in [0.4, 0.5) is 5.69 Å². The number of aryl methyl sites for hydroxylation is 2. The first-order valence-corrected chi connectivity index (χ1v) is 13.3. The van der Waals surface area contributed by atoms with Crippen molar-refractivity contribution in [3.63, 3.8) is 0 Å². The highest BCUT2D eigenvalue weighted by Crippen LogP contribution is 2.34. The number of thiophene rings is 1. The SMILES string of the molecule is C=CCn1c(SCC(=O)N2CCN(c3ccccc3)CC2)nc2sc3c(c2c1=O)CCCC3. The Kier molecular flexibility index (Phi) is 6.55. The number of amides is 1. The number of aromatic nitrogens is 2. The Hall–Kier alpha value is -2.58. The summed E-state index contributed by atoms with van der Waals surface area (Å²) in [4.78, 5) is 37.5. The maximum absolute atomic E-state index is 13.4. The lowest BCUT2D eigenvalue weighted by atomic mass is 9.97. The topological polar surface area (TPSA) is 58.4 Å². The Labute approximate surface area is 201 Å². The third kappa shape index (κ3) is 4.46. The number of hydrogen-bond acceptors (Lipinski definition) is 6. The van der Waals surface area contributed by atoms with E-state index in [1.165, 1.54) is 34.3 Å². The van der Waals surface area contributed by atoms with Crippen molar-refractivity contribution < 1.29 is 4.79 Å². The highest BCUT2D eigenvalue weighted by atomic mass is 32.2. The quantitative estimate of drug-likeness (QED) is 0.304. The largest absolute Gasteiger partial charge is 0.368 e. The van der Waals surface area contributed by atoms with Crippen molar-refractivity contribution in [2.75, 3.05) is 36.8 Å². The van der Waals surface area contributed by atoms with Crippen LogP contribution in [0, 0.1) is 0 Å². The van der Waals surface area contributed by atoms with Crippen molar-refractivity contribution in [3.8, 4) is 0 Å². The first-order valence-electron chi connectivity index (χ1n) is 11.5. The molecule has 1 fully saturated rings. The molecule has 2 aliphatic rings. The number of para-hydroxylation sites is 1. The van der Waals surface area contributed by atoms with Gasteiger partial charge in [0, 0.05) is 43.3 Å². The molecule has 1 aliphatic heterocycles. The van der Waals surface area contributed by atoms with Crippen LogP contribution in [0.25, 0.3) is 10.2 Å². The molecule has 6 nitrogen and oxygen atoms in total. The summed E-state index contributed by atoms with van der Waals surface area (Å²) in [6.45, 7) is 7.29. The molecule has 0 unspecified atom stereocenters. The molecule has 0 N–H and O–H groups in total. The summed E-state index contributed by atoms with van der Waals surface area (Å²) in [6.07, 6.45) is 6.02. The second kappa shape index (κ2) is 9.73. The molecule has 0 spiro atoms. The van der Waals surface area contributed by atoms with Gasteiger partial charge in [-0.2, -0.15) is 0 Å². The van der Waals surface area contributed by atoms with Gasteiger partial charge in [0.05, 0.1) is 11.1 Å². The van der Waals surface area contributed by atoms with Crippen molar-refractivity contribution in [1.29, 1.82) is 0 Å². The van der Waals surface area contributed by atoms with Crippen LogP contribution >= 0.6 is 23.1 Å². The molecule has 0 saturated carbocycles. The van der Waals surface area contributed by atoms with E-state index in [0.717, 1.165) is 42.6 Å². The smallest absolute Gasteiger partial charge is 0.263 e. The molecule has 3 aromatic rings. The number of hydrogen-bond donors (Lipinski definition) is 0. The van der Waals surface area contributed by atoms with E-state index in [4.69, 9.17) is 4.98 Å². The number of benzene rings is 1. The minimum absolute atomic E-state index is 0.00530. The Morgan fingerprint density at radius 3 is 2.64 bits per heavy atom. The first kappa shape index (κ1) is 22.2. The summed E-state index contributed by atoms with van der Waals surface area (Å²) in [7, 11) is 0. The van der Waals surface area contributed by atoms with E-state index in [1.807, 2.05) is 23.1 Å². The van der Waals surface area contributed by atoms with Crippen molar-refractivity contribution in [3.05, 3.63) is 63.8 Å². The van der Waals surface area contributed by atoms with Crippen LogP contribution in [-0.2, 0) is 24.2 Å². The predicted molar refractivity (Wildman–Crippen MR) is 137 cm³/mol. The number of nitrogens with zero attached hydrogens (tertiary/aromatic N) is 4. The number of piperazine rings is 1. The normalized spacial score (nSPS) is 16.1. The third-order valence-electron chi connectivity index (χ3n) is 6.43. The number of thioether (sulfide) groups is 1. The Morgan fingerprint density at radius 1 is 1.12 bits per heavy atom. The molecule has 5 rings (SSSR count). The molecule has 2 aromatic heterocycles. The fourth-order valence-corrected chi connectivity index (χ4v) is 6.90. The number of allylic oxidation sites excluding steroid dienone is 1. The molecule has 172 valence electrons. The summed E-state index contributed by atoms with van der Waals surface area (Å²) in [5.74, 6) is 0.378. The molecule has 1 saturated heterocycles.